The zero-order valence-corrected chi connectivity index (χ0v) is 10.2. The van der Waals surface area contributed by atoms with Crippen molar-refractivity contribution in [3.63, 3.8) is 0 Å². The summed E-state index contributed by atoms with van der Waals surface area (Å²) in [5, 5.41) is 16.2. The van der Waals surface area contributed by atoms with Crippen LogP contribution in [0.1, 0.15) is 19.8 Å². The highest BCUT2D eigenvalue weighted by Gasteiger charge is 2.47. The van der Waals surface area contributed by atoms with Crippen LogP contribution in [0.3, 0.4) is 0 Å². The summed E-state index contributed by atoms with van der Waals surface area (Å²) in [5.74, 6) is -2.49. The van der Waals surface area contributed by atoms with Gasteiger partial charge in [0.25, 0.3) is 0 Å². The van der Waals surface area contributed by atoms with Gasteiger partial charge in [-0.3, -0.25) is 19.3 Å². The summed E-state index contributed by atoms with van der Waals surface area (Å²) in [6.45, 7) is 1.42. The lowest BCUT2D eigenvalue weighted by atomic mass is 9.85. The number of fused-ring (bicyclic) bond motifs is 1. The first kappa shape index (κ1) is 14.4. The number of hydrogen-bond donors (Lipinski definition) is 2. The molecule has 0 radical (unpaired) electrons. The third-order valence-corrected chi connectivity index (χ3v) is 2.89. The van der Waals surface area contributed by atoms with Crippen molar-refractivity contribution in [2.45, 2.75) is 19.8 Å². The Morgan fingerprint density at radius 2 is 1.67 bits per heavy atom. The largest absolute Gasteiger partial charge is 0.480 e. The van der Waals surface area contributed by atoms with E-state index in [0.29, 0.717) is 12.8 Å². The topological polar surface area (TPSA) is 94.9 Å². The minimum absolute atomic E-state index is 0.250. The molecule has 6 heteroatoms. The molecular weight excluding hydrogens is 238 g/mol. The molecule has 0 bridgehead atoms. The van der Waals surface area contributed by atoms with Crippen LogP contribution >= 0.6 is 0 Å². The first-order valence-corrected chi connectivity index (χ1v) is 5.85. The third kappa shape index (κ3) is 2.95. The lowest BCUT2D eigenvalue weighted by Crippen LogP contribution is -2.35. The summed E-state index contributed by atoms with van der Waals surface area (Å²) in [4.78, 5) is 34.7. The molecule has 2 amide bonds. The molecule has 1 aliphatic heterocycles. The van der Waals surface area contributed by atoms with Crippen LogP contribution in [-0.4, -0.2) is 46.0 Å². The van der Waals surface area contributed by atoms with Crippen molar-refractivity contribution in [3.8, 4) is 0 Å². The highest BCUT2D eigenvalue weighted by molar-refractivity contribution is 6.07. The zero-order valence-electron chi connectivity index (χ0n) is 10.2. The summed E-state index contributed by atoms with van der Waals surface area (Å²) in [6.07, 6.45) is 4.84. The van der Waals surface area contributed by atoms with Crippen molar-refractivity contribution in [2.24, 2.45) is 11.8 Å². The Morgan fingerprint density at radius 3 is 2.00 bits per heavy atom. The Labute approximate surface area is 105 Å². The van der Waals surface area contributed by atoms with Crippen LogP contribution in [0.2, 0.25) is 0 Å². The number of aliphatic hydroxyl groups is 1. The van der Waals surface area contributed by atoms with Gasteiger partial charge in [-0.25, -0.2) is 0 Å². The second kappa shape index (κ2) is 6.30. The van der Waals surface area contributed by atoms with E-state index >= 15 is 0 Å². The average Bonchev–Trinajstić information content (AvgIpc) is 2.56. The van der Waals surface area contributed by atoms with Gasteiger partial charge in [0.1, 0.15) is 6.54 Å². The molecule has 1 heterocycles. The SMILES string of the molecule is CCO.O=C(O)CN1C(=O)C2CC=CCC2C1=O. The van der Waals surface area contributed by atoms with Crippen LogP contribution in [0.4, 0.5) is 0 Å². The molecule has 1 saturated heterocycles. The molecule has 2 aliphatic rings. The van der Waals surface area contributed by atoms with Gasteiger partial charge in [0.15, 0.2) is 0 Å². The number of imide groups is 1. The molecule has 0 spiro atoms. The van der Waals surface area contributed by atoms with Crippen LogP contribution in [0.5, 0.6) is 0 Å². The fourth-order valence-corrected chi connectivity index (χ4v) is 2.16. The van der Waals surface area contributed by atoms with Crippen LogP contribution in [0, 0.1) is 11.8 Å². The summed E-state index contributed by atoms with van der Waals surface area (Å²) >= 11 is 0. The fourth-order valence-electron chi connectivity index (χ4n) is 2.16. The van der Waals surface area contributed by atoms with Crippen molar-refractivity contribution in [2.75, 3.05) is 13.2 Å². The Kier molecular flexibility index (Phi) is 5.03. The molecule has 18 heavy (non-hydrogen) atoms. The van der Waals surface area contributed by atoms with Gasteiger partial charge in [0, 0.05) is 6.61 Å². The monoisotopic (exact) mass is 255 g/mol. The highest BCUT2D eigenvalue weighted by atomic mass is 16.4. The standard InChI is InChI=1S/C10H11NO4.C2H6O/c12-8(13)5-11-9(14)6-3-1-2-4-7(6)10(11)15;1-2-3/h1-2,6-7H,3-5H2,(H,12,13);3H,2H2,1H3. The predicted octanol–water partition coefficient (Wildman–Crippen LogP) is 0.0208. The molecule has 1 aliphatic carbocycles. The first-order valence-electron chi connectivity index (χ1n) is 5.85. The fraction of sp³-hybridized carbons (Fsp3) is 0.583. The van der Waals surface area contributed by atoms with E-state index in [1.165, 1.54) is 0 Å². The summed E-state index contributed by atoms with van der Waals surface area (Å²) in [6, 6.07) is 0. The average molecular weight is 255 g/mol. The van der Waals surface area contributed by atoms with Gasteiger partial charge >= 0.3 is 5.97 Å². The molecule has 0 aromatic heterocycles. The molecule has 0 aromatic rings. The Hall–Kier alpha value is -1.69. The number of amides is 2. The van der Waals surface area contributed by atoms with Crippen molar-refractivity contribution in [3.05, 3.63) is 12.2 Å². The molecule has 0 aromatic carbocycles. The first-order chi connectivity index (χ1) is 8.52. The van der Waals surface area contributed by atoms with Crippen LogP contribution < -0.4 is 0 Å². The Morgan fingerprint density at radius 1 is 1.28 bits per heavy atom. The lowest BCUT2D eigenvalue weighted by Gasteiger charge is -2.14. The number of carbonyl (C=O) groups is 3. The lowest BCUT2D eigenvalue weighted by molar-refractivity contribution is -0.149. The summed E-state index contributed by atoms with van der Waals surface area (Å²) in [5.41, 5.74) is 0. The third-order valence-electron chi connectivity index (χ3n) is 2.89. The van der Waals surface area contributed by atoms with Gasteiger partial charge in [-0.1, -0.05) is 12.2 Å². The normalized spacial score (nSPS) is 25.6. The van der Waals surface area contributed by atoms with Crippen molar-refractivity contribution in [1.82, 2.24) is 4.90 Å². The molecule has 6 nitrogen and oxygen atoms in total. The number of nitrogens with zero attached hydrogens (tertiary/aromatic N) is 1. The molecule has 2 atom stereocenters. The van der Waals surface area contributed by atoms with Gasteiger partial charge in [-0.2, -0.15) is 0 Å². The molecular formula is C12H17NO5. The number of aliphatic hydroxyl groups excluding tert-OH is 1. The van der Waals surface area contributed by atoms with E-state index in [9.17, 15) is 14.4 Å². The van der Waals surface area contributed by atoms with Crippen molar-refractivity contribution < 1.29 is 24.6 Å². The number of hydrogen-bond acceptors (Lipinski definition) is 4. The summed E-state index contributed by atoms with van der Waals surface area (Å²) in [7, 11) is 0. The second-order valence-corrected chi connectivity index (χ2v) is 4.13. The number of likely N-dealkylation sites (tertiary alicyclic amines) is 1. The second-order valence-electron chi connectivity index (χ2n) is 4.13. The van der Waals surface area contributed by atoms with E-state index in [0.717, 1.165) is 4.90 Å². The smallest absolute Gasteiger partial charge is 0.323 e. The van der Waals surface area contributed by atoms with Crippen LogP contribution in [0.25, 0.3) is 0 Å². The maximum absolute atomic E-state index is 11.7. The van der Waals surface area contributed by atoms with Gasteiger partial charge in [-0.05, 0) is 19.8 Å². The maximum Gasteiger partial charge on any atom is 0.323 e. The number of rotatable bonds is 2. The van der Waals surface area contributed by atoms with Gasteiger partial charge in [0.2, 0.25) is 11.8 Å². The minimum Gasteiger partial charge on any atom is -0.480 e. The number of carbonyl (C=O) groups excluding carboxylic acids is 2. The van der Waals surface area contributed by atoms with Crippen molar-refractivity contribution >= 4 is 17.8 Å². The van der Waals surface area contributed by atoms with E-state index in [1.807, 2.05) is 12.2 Å². The quantitative estimate of drug-likeness (QED) is 0.536. The number of carboxylic acids is 1. The zero-order chi connectivity index (χ0) is 13.7. The van der Waals surface area contributed by atoms with E-state index in [4.69, 9.17) is 10.2 Å². The maximum atomic E-state index is 11.7. The van der Waals surface area contributed by atoms with Crippen LogP contribution in [-0.2, 0) is 14.4 Å². The van der Waals surface area contributed by atoms with E-state index in [2.05, 4.69) is 0 Å². The summed E-state index contributed by atoms with van der Waals surface area (Å²) < 4.78 is 0. The molecule has 1 fully saturated rings. The number of carboxylic acid groups (broad SMARTS) is 1. The van der Waals surface area contributed by atoms with Gasteiger partial charge in [0.05, 0.1) is 11.8 Å². The molecule has 2 rings (SSSR count). The Bertz CT molecular complexity index is 351. The molecule has 2 unspecified atom stereocenters. The number of allylic oxidation sites excluding steroid dienone is 2. The molecule has 0 saturated carbocycles. The molecule has 2 N–H and O–H groups in total. The van der Waals surface area contributed by atoms with Crippen molar-refractivity contribution in [1.29, 1.82) is 0 Å². The Balaban J connectivity index is 0.000000492. The van der Waals surface area contributed by atoms with E-state index in [-0.39, 0.29) is 30.3 Å². The van der Waals surface area contributed by atoms with Gasteiger partial charge in [-0.15, -0.1) is 0 Å². The van der Waals surface area contributed by atoms with E-state index in [1.54, 1.807) is 6.92 Å². The van der Waals surface area contributed by atoms with Crippen LogP contribution in [0.15, 0.2) is 12.2 Å². The van der Waals surface area contributed by atoms with Gasteiger partial charge < -0.3 is 10.2 Å². The van der Waals surface area contributed by atoms with E-state index < -0.39 is 12.5 Å². The minimum atomic E-state index is -1.15. The highest BCUT2D eigenvalue weighted by Crippen LogP contribution is 2.34. The molecule has 100 valence electrons. The number of aliphatic carboxylic acids is 1. The predicted molar refractivity (Wildman–Crippen MR) is 62.5 cm³/mol.